The molecule has 1 fully saturated rings. The van der Waals surface area contributed by atoms with E-state index in [4.69, 9.17) is 17.0 Å². The highest BCUT2D eigenvalue weighted by atomic mass is 35.5. The second-order valence-electron chi connectivity index (χ2n) is 4.85. The van der Waals surface area contributed by atoms with Crippen molar-refractivity contribution in [2.75, 3.05) is 23.0 Å². The third-order valence-electron chi connectivity index (χ3n) is 3.38. The molecule has 0 spiro atoms. The number of nitrogens with one attached hydrogen (secondary N) is 1. The lowest BCUT2D eigenvalue weighted by Crippen LogP contribution is -2.42. The van der Waals surface area contributed by atoms with Crippen LogP contribution in [0.5, 0.6) is 0 Å². The van der Waals surface area contributed by atoms with Crippen LogP contribution in [0.3, 0.4) is 0 Å². The Labute approximate surface area is 137 Å². The summed E-state index contributed by atoms with van der Waals surface area (Å²) in [4.78, 5) is 18.1. The van der Waals surface area contributed by atoms with Gasteiger partial charge in [-0.05, 0) is 12.1 Å². The summed E-state index contributed by atoms with van der Waals surface area (Å²) in [5, 5.41) is 11.8. The van der Waals surface area contributed by atoms with Crippen molar-refractivity contribution < 1.29 is 4.79 Å². The summed E-state index contributed by atoms with van der Waals surface area (Å²) in [7, 11) is 0. The Bertz CT molecular complexity index is 686. The zero-order valence-corrected chi connectivity index (χ0v) is 13.2. The van der Waals surface area contributed by atoms with Gasteiger partial charge < -0.3 is 10.3 Å². The first kappa shape index (κ1) is 15.1. The topological polar surface area (TPSA) is 74.9 Å². The van der Waals surface area contributed by atoms with E-state index in [0.29, 0.717) is 5.69 Å². The molecule has 0 saturated carbocycles. The Hall–Kier alpha value is -1.86. The first-order chi connectivity index (χ1) is 10.7. The lowest BCUT2D eigenvalue weighted by atomic mass is 10.1. The fourth-order valence-electron chi connectivity index (χ4n) is 2.14. The van der Waals surface area contributed by atoms with Crippen molar-refractivity contribution in [3.63, 3.8) is 0 Å². The fraction of sp³-hybridized carbons (Fsp3) is 0.286. The van der Waals surface area contributed by atoms with E-state index in [-0.39, 0.29) is 23.5 Å². The first-order valence-electron chi connectivity index (χ1n) is 6.74. The molecule has 6 nitrogen and oxygen atoms in total. The zero-order chi connectivity index (χ0) is 15.5. The normalized spacial score (nSPS) is 14.4. The summed E-state index contributed by atoms with van der Waals surface area (Å²) in [5.41, 5.74) is 1.29. The number of pyridine rings is 1. The van der Waals surface area contributed by atoms with Crippen LogP contribution in [0, 0.1) is 11.3 Å². The van der Waals surface area contributed by atoms with Crippen molar-refractivity contribution in [1.29, 1.82) is 5.41 Å². The number of halogens is 1. The third-order valence-corrected chi connectivity index (χ3v) is 4.93. The Kier molecular flexibility index (Phi) is 4.44. The standard InChI is InChI=1S/C14H14ClN5OS/c15-13-12(7-20(18-13)11-2-1-4-17-6-11)19(5-3-16)14(21)10-8-22-9-10/h1-4,6-7,10,16H,5,8-9H2. The van der Waals surface area contributed by atoms with E-state index in [9.17, 15) is 4.79 Å². The molecule has 8 heteroatoms. The second kappa shape index (κ2) is 6.50. The maximum Gasteiger partial charge on any atom is 0.232 e. The molecule has 0 atom stereocenters. The van der Waals surface area contributed by atoms with Gasteiger partial charge in [-0.15, -0.1) is 0 Å². The van der Waals surface area contributed by atoms with Crippen LogP contribution >= 0.6 is 23.4 Å². The number of aromatic nitrogens is 3. The van der Waals surface area contributed by atoms with E-state index in [0.717, 1.165) is 17.2 Å². The zero-order valence-electron chi connectivity index (χ0n) is 11.6. The van der Waals surface area contributed by atoms with Gasteiger partial charge in [0.1, 0.15) is 5.69 Å². The van der Waals surface area contributed by atoms with E-state index in [2.05, 4.69) is 10.1 Å². The molecule has 1 amide bonds. The van der Waals surface area contributed by atoms with Crippen LogP contribution in [-0.2, 0) is 4.79 Å². The number of rotatable bonds is 5. The Morgan fingerprint density at radius 3 is 3.00 bits per heavy atom. The molecule has 1 N–H and O–H groups in total. The molecular weight excluding hydrogens is 322 g/mol. The number of anilines is 1. The van der Waals surface area contributed by atoms with Crippen LogP contribution in [0.25, 0.3) is 5.69 Å². The molecule has 1 aliphatic heterocycles. The van der Waals surface area contributed by atoms with Crippen LogP contribution in [0.4, 0.5) is 5.69 Å². The van der Waals surface area contributed by atoms with Crippen molar-refractivity contribution >= 4 is 41.2 Å². The van der Waals surface area contributed by atoms with Crippen LogP contribution in [0.15, 0.2) is 30.7 Å². The van der Waals surface area contributed by atoms with Crippen molar-refractivity contribution in [3.8, 4) is 5.69 Å². The maximum atomic E-state index is 12.5. The lowest BCUT2D eigenvalue weighted by molar-refractivity contribution is -0.121. The summed E-state index contributed by atoms with van der Waals surface area (Å²) in [6.45, 7) is 0.193. The highest BCUT2D eigenvalue weighted by molar-refractivity contribution is 8.00. The molecule has 0 aliphatic carbocycles. The Morgan fingerprint density at radius 2 is 2.41 bits per heavy atom. The molecule has 2 aromatic rings. The van der Waals surface area contributed by atoms with Crippen LogP contribution < -0.4 is 4.90 Å². The van der Waals surface area contributed by atoms with Gasteiger partial charge >= 0.3 is 0 Å². The number of hydrogen-bond acceptors (Lipinski definition) is 5. The van der Waals surface area contributed by atoms with E-state index in [1.54, 1.807) is 41.1 Å². The predicted molar refractivity (Wildman–Crippen MR) is 88.3 cm³/mol. The molecule has 22 heavy (non-hydrogen) atoms. The molecule has 1 saturated heterocycles. The Balaban J connectivity index is 1.92. The van der Waals surface area contributed by atoms with Crippen molar-refractivity contribution in [2.24, 2.45) is 5.92 Å². The molecule has 0 radical (unpaired) electrons. The minimum absolute atomic E-state index is 0.00255. The molecule has 0 unspecified atom stereocenters. The van der Waals surface area contributed by atoms with Gasteiger partial charge in [0.05, 0.1) is 30.5 Å². The molecule has 2 aromatic heterocycles. The van der Waals surface area contributed by atoms with Gasteiger partial charge in [0, 0.05) is 23.9 Å². The third kappa shape index (κ3) is 2.86. The van der Waals surface area contributed by atoms with Crippen LogP contribution in [0.2, 0.25) is 5.15 Å². The smallest absolute Gasteiger partial charge is 0.232 e. The van der Waals surface area contributed by atoms with Gasteiger partial charge in [0.15, 0.2) is 5.15 Å². The molecule has 114 valence electrons. The lowest BCUT2D eigenvalue weighted by Gasteiger charge is -2.29. The number of hydrogen-bond donors (Lipinski definition) is 1. The summed E-state index contributed by atoms with van der Waals surface area (Å²) in [6.07, 6.45) is 6.24. The van der Waals surface area contributed by atoms with E-state index in [1.807, 2.05) is 6.07 Å². The SMILES string of the molecule is N=CCN(C(=O)C1CSC1)c1cn(-c2cccnc2)nc1Cl. The summed E-state index contributed by atoms with van der Waals surface area (Å²) >= 11 is 7.95. The summed E-state index contributed by atoms with van der Waals surface area (Å²) in [6, 6.07) is 3.65. The van der Waals surface area contributed by atoms with Crippen molar-refractivity contribution in [3.05, 3.63) is 35.9 Å². The van der Waals surface area contributed by atoms with Gasteiger partial charge in [-0.1, -0.05) is 11.6 Å². The molecule has 3 heterocycles. The van der Waals surface area contributed by atoms with Gasteiger partial charge in [-0.2, -0.15) is 16.9 Å². The van der Waals surface area contributed by atoms with Crippen molar-refractivity contribution in [2.45, 2.75) is 0 Å². The number of thioether (sulfide) groups is 1. The van der Waals surface area contributed by atoms with Crippen LogP contribution in [0.1, 0.15) is 0 Å². The highest BCUT2D eigenvalue weighted by Crippen LogP contribution is 2.31. The van der Waals surface area contributed by atoms with Gasteiger partial charge in [-0.3, -0.25) is 9.78 Å². The van der Waals surface area contributed by atoms with E-state index >= 15 is 0 Å². The van der Waals surface area contributed by atoms with Crippen molar-refractivity contribution in [1.82, 2.24) is 14.8 Å². The number of carbonyl (C=O) groups excluding carboxylic acids is 1. The molecular formula is C14H14ClN5OS. The second-order valence-corrected chi connectivity index (χ2v) is 6.28. The number of amides is 1. The van der Waals surface area contributed by atoms with Gasteiger partial charge in [0.25, 0.3) is 0 Å². The molecule has 0 aromatic carbocycles. The number of carbonyl (C=O) groups is 1. The predicted octanol–water partition coefficient (Wildman–Crippen LogP) is 2.27. The summed E-state index contributed by atoms with van der Waals surface area (Å²) < 4.78 is 1.59. The average Bonchev–Trinajstić information content (AvgIpc) is 2.85. The first-order valence-corrected chi connectivity index (χ1v) is 8.27. The van der Waals surface area contributed by atoms with Crippen LogP contribution in [-0.4, -0.2) is 44.9 Å². The van der Waals surface area contributed by atoms with E-state index < -0.39 is 0 Å². The minimum atomic E-state index is -0.00473. The quantitative estimate of drug-likeness (QED) is 0.850. The average molecular weight is 336 g/mol. The monoisotopic (exact) mass is 335 g/mol. The maximum absolute atomic E-state index is 12.5. The largest absolute Gasteiger partial charge is 0.311 e. The van der Waals surface area contributed by atoms with E-state index in [1.165, 1.54) is 11.1 Å². The molecule has 1 aliphatic rings. The van der Waals surface area contributed by atoms with Gasteiger partial charge in [0.2, 0.25) is 5.91 Å². The summed E-state index contributed by atoms with van der Waals surface area (Å²) in [5.74, 6) is 1.64. The minimum Gasteiger partial charge on any atom is -0.311 e. The number of nitrogens with zero attached hydrogens (tertiary/aromatic N) is 4. The molecule has 0 bridgehead atoms. The molecule has 3 rings (SSSR count). The highest BCUT2D eigenvalue weighted by Gasteiger charge is 2.32. The fourth-order valence-corrected chi connectivity index (χ4v) is 3.13. The Morgan fingerprint density at radius 1 is 1.59 bits per heavy atom. The van der Waals surface area contributed by atoms with Gasteiger partial charge in [-0.25, -0.2) is 4.68 Å².